The molecule has 0 saturated carbocycles. The molecule has 1 aromatic carbocycles. The summed E-state index contributed by atoms with van der Waals surface area (Å²) < 4.78 is 5.66. The molecule has 4 nitrogen and oxygen atoms in total. The van der Waals surface area contributed by atoms with Gasteiger partial charge in [0.15, 0.2) is 6.10 Å². The zero-order valence-corrected chi connectivity index (χ0v) is 11.9. The van der Waals surface area contributed by atoms with E-state index in [0.717, 1.165) is 5.56 Å². The van der Waals surface area contributed by atoms with Gasteiger partial charge in [0.2, 0.25) is 0 Å². The molecule has 0 heterocycles. The van der Waals surface area contributed by atoms with Gasteiger partial charge in [-0.25, -0.2) is 0 Å². The summed E-state index contributed by atoms with van der Waals surface area (Å²) in [6.45, 7) is 3.55. The zero-order valence-electron chi connectivity index (χ0n) is 11.1. The number of carbonyl (C=O) groups excluding carboxylic acids is 1. The molecule has 0 fully saturated rings. The molecule has 0 aliphatic carbocycles. The molecule has 2 N–H and O–H groups in total. The molecule has 5 heteroatoms. The van der Waals surface area contributed by atoms with Crippen LogP contribution in [0.25, 0.3) is 0 Å². The summed E-state index contributed by atoms with van der Waals surface area (Å²) in [5, 5.41) is 0.598. The third-order valence-electron chi connectivity index (χ3n) is 2.55. The van der Waals surface area contributed by atoms with Crippen LogP contribution in [0.2, 0.25) is 5.02 Å². The van der Waals surface area contributed by atoms with E-state index in [4.69, 9.17) is 22.1 Å². The Kier molecular flexibility index (Phi) is 4.99. The Morgan fingerprint density at radius 3 is 2.50 bits per heavy atom. The number of rotatable bonds is 4. The fourth-order valence-corrected chi connectivity index (χ4v) is 1.77. The lowest BCUT2D eigenvalue weighted by Gasteiger charge is -2.21. The first kappa shape index (κ1) is 14.8. The summed E-state index contributed by atoms with van der Waals surface area (Å²) in [6.07, 6.45) is -0.557. The molecule has 100 valence electrons. The number of hydrogen-bond acceptors (Lipinski definition) is 3. The predicted octanol–water partition coefficient (Wildman–Crippen LogP) is 2.22. The van der Waals surface area contributed by atoms with Crippen molar-refractivity contribution in [3.63, 3.8) is 0 Å². The SMILES string of the molecule is CC(Oc1ccc(Cl)cc1[C@H](C)N)C(=O)N(C)C. The Labute approximate surface area is 113 Å². The van der Waals surface area contributed by atoms with Gasteiger partial charge in [-0.05, 0) is 32.0 Å². The van der Waals surface area contributed by atoms with E-state index in [2.05, 4.69) is 0 Å². The number of amides is 1. The van der Waals surface area contributed by atoms with E-state index in [9.17, 15) is 4.79 Å². The first-order valence-electron chi connectivity index (χ1n) is 5.75. The maximum Gasteiger partial charge on any atom is 0.262 e. The monoisotopic (exact) mass is 270 g/mol. The van der Waals surface area contributed by atoms with Crippen LogP contribution in [0, 0.1) is 0 Å². The molecule has 0 saturated heterocycles. The van der Waals surface area contributed by atoms with E-state index < -0.39 is 6.10 Å². The predicted molar refractivity (Wildman–Crippen MR) is 72.8 cm³/mol. The fraction of sp³-hybridized carbons (Fsp3) is 0.462. The van der Waals surface area contributed by atoms with E-state index in [1.807, 2.05) is 6.92 Å². The third kappa shape index (κ3) is 3.62. The zero-order chi connectivity index (χ0) is 13.9. The molecule has 0 radical (unpaired) electrons. The first-order valence-corrected chi connectivity index (χ1v) is 6.13. The number of likely N-dealkylation sites (N-methyl/N-ethyl adjacent to an activating group) is 1. The van der Waals surface area contributed by atoms with Crippen LogP contribution in [0.5, 0.6) is 5.75 Å². The number of carbonyl (C=O) groups is 1. The van der Waals surface area contributed by atoms with Crippen molar-refractivity contribution in [3.05, 3.63) is 28.8 Å². The Morgan fingerprint density at radius 1 is 1.39 bits per heavy atom. The number of benzene rings is 1. The largest absolute Gasteiger partial charge is 0.481 e. The van der Waals surface area contributed by atoms with Crippen LogP contribution in [0.1, 0.15) is 25.5 Å². The van der Waals surface area contributed by atoms with Gasteiger partial charge in [0.05, 0.1) is 0 Å². The number of halogens is 1. The van der Waals surface area contributed by atoms with E-state index in [1.54, 1.807) is 39.2 Å². The van der Waals surface area contributed by atoms with Crippen molar-refractivity contribution < 1.29 is 9.53 Å². The lowest BCUT2D eigenvalue weighted by atomic mass is 10.1. The Balaban J connectivity index is 2.94. The average molecular weight is 271 g/mol. The molecule has 0 spiro atoms. The molecule has 1 aromatic rings. The van der Waals surface area contributed by atoms with Gasteiger partial charge in [-0.1, -0.05) is 11.6 Å². The van der Waals surface area contributed by atoms with Crippen LogP contribution in [0.4, 0.5) is 0 Å². The molecule has 1 rings (SSSR count). The van der Waals surface area contributed by atoms with E-state index >= 15 is 0 Å². The molecule has 0 aromatic heterocycles. The number of ether oxygens (including phenoxy) is 1. The molecular weight excluding hydrogens is 252 g/mol. The molecule has 0 aliphatic heterocycles. The molecular formula is C13H19ClN2O2. The lowest BCUT2D eigenvalue weighted by Crippen LogP contribution is -2.35. The summed E-state index contributed by atoms with van der Waals surface area (Å²) in [7, 11) is 3.38. The summed E-state index contributed by atoms with van der Waals surface area (Å²) in [4.78, 5) is 13.2. The smallest absolute Gasteiger partial charge is 0.262 e. The van der Waals surface area contributed by atoms with Gasteiger partial charge in [-0.2, -0.15) is 0 Å². The van der Waals surface area contributed by atoms with Crippen LogP contribution >= 0.6 is 11.6 Å². The molecule has 2 atom stereocenters. The topological polar surface area (TPSA) is 55.6 Å². The maximum atomic E-state index is 11.7. The van der Waals surface area contributed by atoms with Gasteiger partial charge in [-0.15, -0.1) is 0 Å². The van der Waals surface area contributed by atoms with Gasteiger partial charge < -0.3 is 15.4 Å². The number of nitrogens with zero attached hydrogens (tertiary/aromatic N) is 1. The number of hydrogen-bond donors (Lipinski definition) is 1. The van der Waals surface area contributed by atoms with Crippen molar-refractivity contribution in [1.82, 2.24) is 4.90 Å². The molecule has 1 amide bonds. The van der Waals surface area contributed by atoms with Crippen LogP contribution in [-0.4, -0.2) is 31.0 Å². The Bertz CT molecular complexity index is 433. The van der Waals surface area contributed by atoms with Crippen molar-refractivity contribution in [1.29, 1.82) is 0 Å². The van der Waals surface area contributed by atoms with Crippen molar-refractivity contribution in [3.8, 4) is 5.75 Å². The van der Waals surface area contributed by atoms with E-state index in [0.29, 0.717) is 10.8 Å². The molecule has 1 unspecified atom stereocenters. The highest BCUT2D eigenvalue weighted by atomic mass is 35.5. The van der Waals surface area contributed by atoms with E-state index in [1.165, 1.54) is 4.90 Å². The van der Waals surface area contributed by atoms with Crippen LogP contribution in [0.15, 0.2) is 18.2 Å². The van der Waals surface area contributed by atoms with Gasteiger partial charge in [0.25, 0.3) is 5.91 Å². The van der Waals surface area contributed by atoms with Gasteiger partial charge in [0, 0.05) is 30.7 Å². The summed E-state index contributed by atoms with van der Waals surface area (Å²) in [5.41, 5.74) is 6.65. The van der Waals surface area contributed by atoms with Gasteiger partial charge in [-0.3, -0.25) is 4.79 Å². The van der Waals surface area contributed by atoms with Crippen LogP contribution < -0.4 is 10.5 Å². The van der Waals surface area contributed by atoms with Crippen LogP contribution in [0.3, 0.4) is 0 Å². The Morgan fingerprint density at radius 2 is 2.00 bits per heavy atom. The summed E-state index contributed by atoms with van der Waals surface area (Å²) in [6, 6.07) is 5.00. The quantitative estimate of drug-likeness (QED) is 0.913. The van der Waals surface area contributed by atoms with Crippen molar-refractivity contribution in [2.24, 2.45) is 5.73 Å². The number of nitrogens with two attached hydrogens (primary N) is 1. The average Bonchev–Trinajstić information content (AvgIpc) is 2.29. The highest BCUT2D eigenvalue weighted by Gasteiger charge is 2.19. The van der Waals surface area contributed by atoms with Crippen molar-refractivity contribution >= 4 is 17.5 Å². The second-order valence-corrected chi connectivity index (χ2v) is 4.90. The minimum Gasteiger partial charge on any atom is -0.481 e. The second kappa shape index (κ2) is 6.07. The minimum atomic E-state index is -0.557. The molecule has 18 heavy (non-hydrogen) atoms. The minimum absolute atomic E-state index is 0.0967. The molecule has 0 aliphatic rings. The Hall–Kier alpha value is -1.26. The second-order valence-electron chi connectivity index (χ2n) is 4.46. The van der Waals surface area contributed by atoms with Gasteiger partial charge in [0.1, 0.15) is 5.75 Å². The highest BCUT2D eigenvalue weighted by molar-refractivity contribution is 6.30. The van der Waals surface area contributed by atoms with Gasteiger partial charge >= 0.3 is 0 Å². The van der Waals surface area contributed by atoms with E-state index in [-0.39, 0.29) is 11.9 Å². The highest BCUT2D eigenvalue weighted by Crippen LogP contribution is 2.28. The standard InChI is InChI=1S/C13H19ClN2O2/c1-8(15)11-7-10(14)5-6-12(11)18-9(2)13(17)16(3)4/h5-9H,15H2,1-4H3/t8-,9?/m0/s1. The van der Waals surface area contributed by atoms with Crippen molar-refractivity contribution in [2.45, 2.75) is 26.0 Å². The lowest BCUT2D eigenvalue weighted by molar-refractivity contribution is -0.135. The normalized spacial score (nSPS) is 13.9. The maximum absolute atomic E-state index is 11.7. The molecule has 0 bridgehead atoms. The summed E-state index contributed by atoms with van der Waals surface area (Å²) in [5.74, 6) is 0.498. The van der Waals surface area contributed by atoms with Crippen LogP contribution in [-0.2, 0) is 4.79 Å². The fourth-order valence-electron chi connectivity index (χ4n) is 1.59. The third-order valence-corrected chi connectivity index (χ3v) is 2.79. The first-order chi connectivity index (χ1) is 8.32. The summed E-state index contributed by atoms with van der Waals surface area (Å²) >= 11 is 5.92. The van der Waals surface area contributed by atoms with Crippen molar-refractivity contribution in [2.75, 3.05) is 14.1 Å².